The molecule has 0 aliphatic carbocycles. The molecule has 1 aromatic rings. The van der Waals surface area contributed by atoms with Crippen LogP contribution in [0.25, 0.3) is 0 Å². The van der Waals surface area contributed by atoms with Crippen LogP contribution in [0.2, 0.25) is 0 Å². The van der Waals surface area contributed by atoms with Gasteiger partial charge in [0.15, 0.2) is 0 Å². The van der Waals surface area contributed by atoms with E-state index in [4.69, 9.17) is 11.6 Å². The highest BCUT2D eigenvalue weighted by Gasteiger charge is 2.31. The van der Waals surface area contributed by atoms with Crippen molar-refractivity contribution in [2.45, 2.75) is 36.6 Å². The first-order valence-corrected chi connectivity index (χ1v) is 9.47. The Bertz CT molecular complexity index is 561. The maximum absolute atomic E-state index is 12.7. The van der Waals surface area contributed by atoms with Crippen LogP contribution in [0, 0.1) is 6.92 Å². The smallest absolute Gasteiger partial charge is 0.244 e. The Kier molecular flexibility index (Phi) is 5.13. The van der Waals surface area contributed by atoms with Crippen LogP contribution in [0.5, 0.6) is 0 Å². The average molecular weight is 337 g/mol. The zero-order valence-electron chi connectivity index (χ0n) is 12.1. The number of rotatable bonds is 4. The van der Waals surface area contributed by atoms with Crippen molar-refractivity contribution in [3.05, 3.63) is 15.8 Å². The number of sulfonamides is 1. The molecule has 0 amide bonds. The first-order valence-electron chi connectivity index (χ1n) is 6.68. The van der Waals surface area contributed by atoms with Crippen LogP contribution in [0.1, 0.15) is 22.6 Å². The number of hydrogen-bond acceptors (Lipinski definition) is 4. The van der Waals surface area contributed by atoms with E-state index in [0.29, 0.717) is 29.9 Å². The van der Waals surface area contributed by atoms with Crippen LogP contribution >= 0.6 is 22.9 Å². The summed E-state index contributed by atoms with van der Waals surface area (Å²) >= 11 is 7.26. The zero-order chi connectivity index (χ0) is 14.9. The van der Waals surface area contributed by atoms with E-state index in [1.54, 1.807) is 10.4 Å². The summed E-state index contributed by atoms with van der Waals surface area (Å²) in [5.74, 6) is 0.365. The first-order chi connectivity index (χ1) is 9.36. The molecule has 0 spiro atoms. The van der Waals surface area contributed by atoms with Gasteiger partial charge in [-0.2, -0.15) is 4.31 Å². The van der Waals surface area contributed by atoms with Gasteiger partial charge in [-0.1, -0.05) is 0 Å². The molecule has 1 aliphatic rings. The molecule has 7 heteroatoms. The second kappa shape index (κ2) is 6.32. The van der Waals surface area contributed by atoms with E-state index in [9.17, 15) is 8.42 Å². The lowest BCUT2D eigenvalue weighted by atomic mass is 10.1. The standard InChI is InChI=1S/C13H21ClN2O2S2/c1-10-13(8-12(9-14)19-10)20(17,18)16-6-4-11(5-7-16)15(2)3/h8,11H,4-7,9H2,1-3H3. The summed E-state index contributed by atoms with van der Waals surface area (Å²) in [7, 11) is 0.728. The molecule has 1 aliphatic heterocycles. The molecular formula is C13H21ClN2O2S2. The molecule has 0 N–H and O–H groups in total. The minimum atomic E-state index is -3.36. The Hall–Kier alpha value is -0.140. The van der Waals surface area contributed by atoms with Gasteiger partial charge < -0.3 is 4.90 Å². The van der Waals surface area contributed by atoms with Gasteiger partial charge >= 0.3 is 0 Å². The molecule has 4 nitrogen and oxygen atoms in total. The third-order valence-corrected chi connectivity index (χ3v) is 7.48. The van der Waals surface area contributed by atoms with Crippen molar-refractivity contribution in [1.29, 1.82) is 0 Å². The second-order valence-corrected chi connectivity index (χ2v) is 8.88. The van der Waals surface area contributed by atoms with E-state index in [1.165, 1.54) is 11.3 Å². The third-order valence-electron chi connectivity index (χ3n) is 3.83. The number of halogens is 1. The largest absolute Gasteiger partial charge is 0.306 e. The Morgan fingerprint density at radius 2 is 2.00 bits per heavy atom. The number of thiophene rings is 1. The van der Waals surface area contributed by atoms with E-state index in [1.807, 2.05) is 21.0 Å². The van der Waals surface area contributed by atoms with Gasteiger partial charge in [0.2, 0.25) is 10.0 Å². The van der Waals surface area contributed by atoms with E-state index in [0.717, 1.165) is 22.6 Å². The van der Waals surface area contributed by atoms with Crippen LogP contribution in [0.3, 0.4) is 0 Å². The van der Waals surface area contributed by atoms with Gasteiger partial charge in [-0.25, -0.2) is 8.42 Å². The predicted octanol–water partition coefficient (Wildman–Crippen LogP) is 2.51. The van der Waals surface area contributed by atoms with Crippen LogP contribution in [-0.4, -0.2) is 50.8 Å². The van der Waals surface area contributed by atoms with Crippen LogP contribution in [0.15, 0.2) is 11.0 Å². The lowest BCUT2D eigenvalue weighted by molar-refractivity contribution is 0.196. The first kappa shape index (κ1) is 16.2. The Morgan fingerprint density at radius 1 is 1.40 bits per heavy atom. The maximum Gasteiger partial charge on any atom is 0.244 e. The highest BCUT2D eigenvalue weighted by molar-refractivity contribution is 7.89. The molecular weight excluding hydrogens is 316 g/mol. The summed E-state index contributed by atoms with van der Waals surface area (Å²) in [6.07, 6.45) is 1.77. The van der Waals surface area contributed by atoms with E-state index >= 15 is 0 Å². The molecule has 20 heavy (non-hydrogen) atoms. The van der Waals surface area contributed by atoms with E-state index in [-0.39, 0.29) is 0 Å². The summed E-state index contributed by atoms with van der Waals surface area (Å²) in [4.78, 5) is 4.34. The molecule has 0 unspecified atom stereocenters. The van der Waals surface area contributed by atoms with Gasteiger partial charge in [-0.15, -0.1) is 22.9 Å². The van der Waals surface area contributed by atoms with Gasteiger partial charge in [-0.05, 0) is 39.9 Å². The minimum absolute atomic E-state index is 0.365. The third kappa shape index (κ3) is 3.20. The number of aryl methyl sites for hydroxylation is 1. The zero-order valence-corrected chi connectivity index (χ0v) is 14.5. The van der Waals surface area contributed by atoms with Gasteiger partial charge in [0, 0.05) is 28.9 Å². The predicted molar refractivity (Wildman–Crippen MR) is 84.1 cm³/mol. The minimum Gasteiger partial charge on any atom is -0.306 e. The summed E-state index contributed by atoms with van der Waals surface area (Å²) in [5.41, 5.74) is 0. The Balaban J connectivity index is 2.17. The van der Waals surface area contributed by atoms with Crippen molar-refractivity contribution in [3.63, 3.8) is 0 Å². The van der Waals surface area contributed by atoms with E-state index < -0.39 is 10.0 Å². The van der Waals surface area contributed by atoms with Crippen molar-refractivity contribution in [2.24, 2.45) is 0 Å². The SMILES string of the molecule is Cc1sc(CCl)cc1S(=O)(=O)N1CCC(N(C)C)CC1. The molecule has 0 atom stereocenters. The molecule has 2 rings (SSSR count). The Morgan fingerprint density at radius 3 is 2.45 bits per heavy atom. The van der Waals surface area contributed by atoms with Crippen molar-refractivity contribution < 1.29 is 8.42 Å². The maximum atomic E-state index is 12.7. The molecule has 0 bridgehead atoms. The summed E-state index contributed by atoms with van der Waals surface area (Å²) in [6, 6.07) is 2.20. The number of nitrogens with zero attached hydrogens (tertiary/aromatic N) is 2. The van der Waals surface area contributed by atoms with Crippen LogP contribution in [-0.2, 0) is 15.9 Å². The van der Waals surface area contributed by atoms with Crippen molar-refractivity contribution >= 4 is 33.0 Å². The fourth-order valence-electron chi connectivity index (χ4n) is 2.58. The molecule has 1 fully saturated rings. The summed E-state index contributed by atoms with van der Waals surface area (Å²) in [6.45, 7) is 3.04. The number of hydrogen-bond donors (Lipinski definition) is 0. The topological polar surface area (TPSA) is 40.6 Å². The molecule has 1 aromatic heterocycles. The molecule has 1 saturated heterocycles. The average Bonchev–Trinajstić information content (AvgIpc) is 2.81. The van der Waals surface area contributed by atoms with Gasteiger partial charge in [0.05, 0.1) is 10.8 Å². The lowest BCUT2D eigenvalue weighted by Gasteiger charge is -2.34. The van der Waals surface area contributed by atoms with Crippen molar-refractivity contribution in [1.82, 2.24) is 9.21 Å². The van der Waals surface area contributed by atoms with Gasteiger partial charge in [-0.3, -0.25) is 0 Å². The quantitative estimate of drug-likeness (QED) is 0.793. The van der Waals surface area contributed by atoms with Gasteiger partial charge in [0.1, 0.15) is 0 Å². The van der Waals surface area contributed by atoms with Crippen LogP contribution in [0.4, 0.5) is 0 Å². The number of piperidine rings is 1. The molecule has 0 aromatic carbocycles. The second-order valence-electron chi connectivity index (χ2n) is 5.37. The van der Waals surface area contributed by atoms with Crippen molar-refractivity contribution in [2.75, 3.05) is 27.2 Å². The fraction of sp³-hybridized carbons (Fsp3) is 0.692. The van der Waals surface area contributed by atoms with E-state index in [2.05, 4.69) is 4.90 Å². The highest BCUT2D eigenvalue weighted by Crippen LogP contribution is 2.30. The highest BCUT2D eigenvalue weighted by atomic mass is 35.5. The fourth-order valence-corrected chi connectivity index (χ4v) is 5.75. The summed E-state index contributed by atoms with van der Waals surface area (Å²) in [5, 5.41) is 0. The molecule has 0 radical (unpaired) electrons. The Labute approximate surface area is 130 Å². The van der Waals surface area contributed by atoms with Crippen molar-refractivity contribution in [3.8, 4) is 0 Å². The number of alkyl halides is 1. The molecule has 114 valence electrons. The summed E-state index contributed by atoms with van der Waals surface area (Å²) < 4.78 is 27.0. The van der Waals surface area contributed by atoms with Crippen LogP contribution < -0.4 is 0 Å². The normalized spacial score (nSPS) is 18.9. The monoisotopic (exact) mass is 336 g/mol. The molecule has 2 heterocycles. The van der Waals surface area contributed by atoms with Gasteiger partial charge in [0.25, 0.3) is 0 Å². The lowest BCUT2D eigenvalue weighted by Crippen LogP contribution is -2.44. The molecule has 0 saturated carbocycles.